The first-order valence-electron chi connectivity index (χ1n) is 6.45. The molecule has 0 radical (unpaired) electrons. The van der Waals surface area contributed by atoms with Gasteiger partial charge in [0, 0.05) is 19.5 Å². The van der Waals surface area contributed by atoms with Crippen molar-refractivity contribution in [1.29, 1.82) is 0 Å². The maximum absolute atomic E-state index is 12.9. The van der Waals surface area contributed by atoms with Gasteiger partial charge >= 0.3 is 6.18 Å². The molecule has 0 aromatic heterocycles. The molecule has 1 heterocycles. The standard InChI is InChI=1S/C14H16F3NOS/c15-14(16,17)12-4-2-1-3-11(12)5-6-18-8-10(9-20)7-13(18)19/h1-4,10,20H,5-9H2. The molecule has 1 fully saturated rings. The van der Waals surface area contributed by atoms with Gasteiger partial charge in [-0.2, -0.15) is 25.8 Å². The Bertz CT molecular complexity index is 490. The number of thiol groups is 1. The van der Waals surface area contributed by atoms with Crippen LogP contribution in [0, 0.1) is 5.92 Å². The van der Waals surface area contributed by atoms with Crippen LogP contribution in [0.4, 0.5) is 13.2 Å². The molecule has 1 atom stereocenters. The van der Waals surface area contributed by atoms with Crippen molar-refractivity contribution in [3.8, 4) is 0 Å². The van der Waals surface area contributed by atoms with E-state index in [1.165, 1.54) is 12.1 Å². The molecule has 0 aliphatic carbocycles. The highest BCUT2D eigenvalue weighted by molar-refractivity contribution is 7.80. The molecule has 2 nitrogen and oxygen atoms in total. The zero-order valence-corrected chi connectivity index (χ0v) is 11.8. The Balaban J connectivity index is 2.03. The van der Waals surface area contributed by atoms with Gasteiger partial charge in [0.05, 0.1) is 5.56 Å². The van der Waals surface area contributed by atoms with Crippen LogP contribution < -0.4 is 0 Å². The zero-order valence-electron chi connectivity index (χ0n) is 10.9. The van der Waals surface area contributed by atoms with Crippen LogP contribution in [0.2, 0.25) is 0 Å². The highest BCUT2D eigenvalue weighted by Gasteiger charge is 2.33. The average molecular weight is 303 g/mol. The number of amides is 1. The van der Waals surface area contributed by atoms with Gasteiger partial charge in [0.1, 0.15) is 0 Å². The molecule has 0 bridgehead atoms. The Kier molecular flexibility index (Phi) is 4.62. The second-order valence-electron chi connectivity index (χ2n) is 5.00. The Hall–Kier alpha value is -1.17. The van der Waals surface area contributed by atoms with Gasteiger partial charge in [0.2, 0.25) is 5.91 Å². The van der Waals surface area contributed by atoms with Gasteiger partial charge < -0.3 is 4.90 Å². The van der Waals surface area contributed by atoms with Gasteiger partial charge in [-0.3, -0.25) is 4.79 Å². The molecule has 6 heteroatoms. The summed E-state index contributed by atoms with van der Waals surface area (Å²) in [5, 5.41) is 0. The van der Waals surface area contributed by atoms with Crippen LogP contribution in [0.25, 0.3) is 0 Å². The summed E-state index contributed by atoms with van der Waals surface area (Å²) < 4.78 is 38.6. The largest absolute Gasteiger partial charge is 0.416 e. The van der Waals surface area contributed by atoms with Crippen LogP contribution in [-0.2, 0) is 17.4 Å². The number of carbonyl (C=O) groups is 1. The van der Waals surface area contributed by atoms with Crippen molar-refractivity contribution < 1.29 is 18.0 Å². The maximum Gasteiger partial charge on any atom is 0.416 e. The number of hydrogen-bond donors (Lipinski definition) is 1. The van der Waals surface area contributed by atoms with Crippen molar-refractivity contribution in [2.24, 2.45) is 5.92 Å². The van der Waals surface area contributed by atoms with Gasteiger partial charge in [-0.05, 0) is 29.7 Å². The van der Waals surface area contributed by atoms with Crippen molar-refractivity contribution in [2.75, 3.05) is 18.8 Å². The topological polar surface area (TPSA) is 20.3 Å². The number of halogens is 3. The fourth-order valence-corrected chi connectivity index (χ4v) is 2.71. The van der Waals surface area contributed by atoms with E-state index in [9.17, 15) is 18.0 Å². The van der Waals surface area contributed by atoms with E-state index < -0.39 is 11.7 Å². The molecule has 0 spiro atoms. The quantitative estimate of drug-likeness (QED) is 0.848. The van der Waals surface area contributed by atoms with E-state index in [1.54, 1.807) is 11.0 Å². The first-order chi connectivity index (χ1) is 9.41. The predicted octanol–water partition coefficient (Wildman–Crippen LogP) is 3.03. The van der Waals surface area contributed by atoms with Crippen LogP contribution in [0.3, 0.4) is 0 Å². The summed E-state index contributed by atoms with van der Waals surface area (Å²) in [5.74, 6) is 0.846. The summed E-state index contributed by atoms with van der Waals surface area (Å²) in [4.78, 5) is 13.3. The number of carbonyl (C=O) groups excluding carboxylic acids is 1. The minimum Gasteiger partial charge on any atom is -0.342 e. The normalized spacial score (nSPS) is 19.7. The summed E-state index contributed by atoms with van der Waals surface area (Å²) in [5.41, 5.74) is -0.375. The van der Waals surface area contributed by atoms with Gasteiger partial charge in [-0.1, -0.05) is 18.2 Å². The lowest BCUT2D eigenvalue weighted by molar-refractivity contribution is -0.138. The number of nitrogens with zero attached hydrogens (tertiary/aromatic N) is 1. The van der Waals surface area contributed by atoms with E-state index in [1.807, 2.05) is 0 Å². The molecular weight excluding hydrogens is 287 g/mol. The third-order valence-corrected chi connectivity index (χ3v) is 4.04. The molecule has 1 aromatic rings. The molecule has 0 saturated carbocycles. The fourth-order valence-electron chi connectivity index (χ4n) is 2.46. The number of likely N-dealkylation sites (tertiary alicyclic amines) is 1. The molecule has 20 heavy (non-hydrogen) atoms. The molecule has 110 valence electrons. The van der Waals surface area contributed by atoms with E-state index in [4.69, 9.17) is 0 Å². The minimum atomic E-state index is -4.35. The molecule has 0 N–H and O–H groups in total. The lowest BCUT2D eigenvalue weighted by Gasteiger charge is -2.18. The van der Waals surface area contributed by atoms with Crippen molar-refractivity contribution >= 4 is 18.5 Å². The molecule has 1 aromatic carbocycles. The summed E-state index contributed by atoms with van der Waals surface area (Å²) in [6, 6.07) is 5.52. The monoisotopic (exact) mass is 303 g/mol. The van der Waals surface area contributed by atoms with E-state index >= 15 is 0 Å². The van der Waals surface area contributed by atoms with Gasteiger partial charge in [-0.15, -0.1) is 0 Å². The smallest absolute Gasteiger partial charge is 0.342 e. The van der Waals surface area contributed by atoms with Crippen LogP contribution in [0.15, 0.2) is 24.3 Å². The van der Waals surface area contributed by atoms with E-state index in [0.717, 1.165) is 6.07 Å². The Labute approximate surface area is 121 Å². The van der Waals surface area contributed by atoms with Crippen molar-refractivity contribution in [3.63, 3.8) is 0 Å². The lowest BCUT2D eigenvalue weighted by Crippen LogP contribution is -2.28. The van der Waals surface area contributed by atoms with Crippen LogP contribution >= 0.6 is 12.6 Å². The highest BCUT2D eigenvalue weighted by atomic mass is 32.1. The Morgan fingerprint density at radius 2 is 2.00 bits per heavy atom. The molecule has 1 amide bonds. The van der Waals surface area contributed by atoms with Crippen LogP contribution in [0.5, 0.6) is 0 Å². The molecule has 1 aliphatic heterocycles. The second-order valence-corrected chi connectivity index (χ2v) is 5.36. The van der Waals surface area contributed by atoms with Crippen molar-refractivity contribution in [3.05, 3.63) is 35.4 Å². The first-order valence-corrected chi connectivity index (χ1v) is 7.09. The van der Waals surface area contributed by atoms with Crippen molar-refractivity contribution in [1.82, 2.24) is 4.90 Å². The fraction of sp³-hybridized carbons (Fsp3) is 0.500. The van der Waals surface area contributed by atoms with Gasteiger partial charge in [-0.25, -0.2) is 0 Å². The van der Waals surface area contributed by atoms with Crippen LogP contribution in [0.1, 0.15) is 17.5 Å². The second kappa shape index (κ2) is 6.08. The number of alkyl halides is 3. The summed E-state index contributed by atoms with van der Waals surface area (Å²) in [6.07, 6.45) is -3.68. The van der Waals surface area contributed by atoms with E-state index in [2.05, 4.69) is 12.6 Å². The number of benzene rings is 1. The summed E-state index contributed by atoms with van der Waals surface area (Å²) >= 11 is 4.16. The van der Waals surface area contributed by atoms with Gasteiger partial charge in [0.25, 0.3) is 0 Å². The summed E-state index contributed by atoms with van der Waals surface area (Å²) in [7, 11) is 0. The maximum atomic E-state index is 12.9. The van der Waals surface area contributed by atoms with E-state index in [0.29, 0.717) is 25.3 Å². The minimum absolute atomic E-state index is 0.00791. The molecular formula is C14H16F3NOS. The lowest BCUT2D eigenvalue weighted by atomic mass is 10.0. The summed E-state index contributed by atoms with van der Waals surface area (Å²) in [6.45, 7) is 0.923. The third kappa shape index (κ3) is 3.48. The number of hydrogen-bond acceptors (Lipinski definition) is 2. The number of rotatable bonds is 4. The zero-order chi connectivity index (χ0) is 14.8. The molecule has 1 unspecified atom stereocenters. The van der Waals surface area contributed by atoms with E-state index in [-0.39, 0.29) is 23.8 Å². The Morgan fingerprint density at radius 1 is 1.30 bits per heavy atom. The Morgan fingerprint density at radius 3 is 2.60 bits per heavy atom. The first kappa shape index (κ1) is 15.2. The third-order valence-electron chi connectivity index (χ3n) is 3.53. The molecule has 2 rings (SSSR count). The van der Waals surface area contributed by atoms with Crippen molar-refractivity contribution in [2.45, 2.75) is 19.0 Å². The van der Waals surface area contributed by atoms with Crippen LogP contribution in [-0.4, -0.2) is 29.6 Å². The van der Waals surface area contributed by atoms with Gasteiger partial charge in [0.15, 0.2) is 0 Å². The highest BCUT2D eigenvalue weighted by Crippen LogP contribution is 2.32. The molecule has 1 saturated heterocycles. The molecule has 1 aliphatic rings. The average Bonchev–Trinajstić information content (AvgIpc) is 2.76. The SMILES string of the molecule is O=C1CC(CS)CN1CCc1ccccc1C(F)(F)F. The predicted molar refractivity (Wildman–Crippen MR) is 73.7 cm³/mol.